The molecule has 1 aromatic carbocycles. The van der Waals surface area contributed by atoms with Crippen molar-refractivity contribution in [3.05, 3.63) is 35.4 Å². The van der Waals surface area contributed by atoms with E-state index in [2.05, 4.69) is 6.07 Å². The lowest BCUT2D eigenvalue weighted by Gasteiger charge is -2.18. The van der Waals surface area contributed by atoms with Crippen molar-refractivity contribution >= 4 is 0 Å². The van der Waals surface area contributed by atoms with Crippen LogP contribution < -0.4 is 0 Å². The van der Waals surface area contributed by atoms with E-state index in [4.69, 9.17) is 5.26 Å². The SMILES string of the molecule is CC(O)CN(C)Cc1ccccc1C#N. The molecule has 0 spiro atoms. The zero-order valence-electron chi connectivity index (χ0n) is 9.14. The minimum absolute atomic E-state index is 0.343. The number of benzene rings is 1. The van der Waals surface area contributed by atoms with Crippen LogP contribution in [0.15, 0.2) is 24.3 Å². The molecule has 3 heteroatoms. The predicted molar refractivity (Wildman–Crippen MR) is 59.2 cm³/mol. The van der Waals surface area contributed by atoms with Gasteiger partial charge in [-0.05, 0) is 25.6 Å². The van der Waals surface area contributed by atoms with Crippen molar-refractivity contribution in [2.24, 2.45) is 0 Å². The van der Waals surface area contributed by atoms with Crippen molar-refractivity contribution in [2.75, 3.05) is 13.6 Å². The zero-order chi connectivity index (χ0) is 11.3. The number of aliphatic hydroxyl groups is 1. The first-order valence-corrected chi connectivity index (χ1v) is 4.98. The van der Waals surface area contributed by atoms with Crippen LogP contribution in [0.5, 0.6) is 0 Å². The van der Waals surface area contributed by atoms with Gasteiger partial charge in [-0.1, -0.05) is 18.2 Å². The monoisotopic (exact) mass is 204 g/mol. The number of nitriles is 1. The Morgan fingerprint density at radius 2 is 2.13 bits per heavy atom. The molecule has 1 unspecified atom stereocenters. The van der Waals surface area contributed by atoms with Crippen LogP contribution in [-0.2, 0) is 6.54 Å². The highest BCUT2D eigenvalue weighted by molar-refractivity contribution is 5.37. The summed E-state index contributed by atoms with van der Waals surface area (Å²) in [5.41, 5.74) is 1.71. The number of hydrogen-bond donors (Lipinski definition) is 1. The van der Waals surface area contributed by atoms with E-state index in [0.29, 0.717) is 18.7 Å². The summed E-state index contributed by atoms with van der Waals surface area (Å²) in [7, 11) is 1.93. The quantitative estimate of drug-likeness (QED) is 0.805. The number of aliphatic hydroxyl groups excluding tert-OH is 1. The van der Waals surface area contributed by atoms with Crippen molar-refractivity contribution in [1.82, 2.24) is 4.90 Å². The summed E-state index contributed by atoms with van der Waals surface area (Å²) in [6.07, 6.45) is -0.343. The third kappa shape index (κ3) is 3.70. The summed E-state index contributed by atoms with van der Waals surface area (Å²) in [4.78, 5) is 2.00. The van der Waals surface area contributed by atoms with Gasteiger partial charge in [0.25, 0.3) is 0 Å². The van der Waals surface area contributed by atoms with Gasteiger partial charge in [-0.15, -0.1) is 0 Å². The average molecular weight is 204 g/mol. The smallest absolute Gasteiger partial charge is 0.0995 e. The Morgan fingerprint density at radius 1 is 1.47 bits per heavy atom. The van der Waals surface area contributed by atoms with E-state index in [1.54, 1.807) is 6.92 Å². The van der Waals surface area contributed by atoms with E-state index in [-0.39, 0.29) is 6.10 Å². The van der Waals surface area contributed by atoms with E-state index in [0.717, 1.165) is 5.56 Å². The lowest BCUT2D eigenvalue weighted by molar-refractivity contribution is 0.138. The summed E-state index contributed by atoms with van der Waals surface area (Å²) in [6, 6.07) is 9.70. The molecule has 0 aliphatic rings. The van der Waals surface area contributed by atoms with Crippen LogP contribution in [0, 0.1) is 11.3 Å². The molecule has 1 rings (SSSR count). The highest BCUT2D eigenvalue weighted by atomic mass is 16.3. The predicted octanol–water partition coefficient (Wildman–Crippen LogP) is 1.37. The van der Waals surface area contributed by atoms with Gasteiger partial charge in [-0.2, -0.15) is 5.26 Å². The fourth-order valence-corrected chi connectivity index (χ4v) is 1.57. The molecule has 1 N–H and O–H groups in total. The van der Waals surface area contributed by atoms with Crippen LogP contribution in [0.1, 0.15) is 18.1 Å². The summed E-state index contributed by atoms with van der Waals surface area (Å²) in [6.45, 7) is 3.06. The van der Waals surface area contributed by atoms with Gasteiger partial charge in [0.15, 0.2) is 0 Å². The van der Waals surface area contributed by atoms with Crippen molar-refractivity contribution in [2.45, 2.75) is 19.6 Å². The van der Waals surface area contributed by atoms with Crippen molar-refractivity contribution in [3.8, 4) is 6.07 Å². The zero-order valence-corrected chi connectivity index (χ0v) is 9.14. The average Bonchev–Trinajstić information content (AvgIpc) is 2.17. The maximum atomic E-state index is 9.22. The van der Waals surface area contributed by atoms with E-state index >= 15 is 0 Å². The molecule has 80 valence electrons. The minimum Gasteiger partial charge on any atom is -0.392 e. The topological polar surface area (TPSA) is 47.3 Å². The van der Waals surface area contributed by atoms with E-state index < -0.39 is 0 Å². The van der Waals surface area contributed by atoms with Crippen molar-refractivity contribution in [1.29, 1.82) is 5.26 Å². The van der Waals surface area contributed by atoms with E-state index in [1.807, 2.05) is 36.2 Å². The lowest BCUT2D eigenvalue weighted by Crippen LogP contribution is -2.27. The van der Waals surface area contributed by atoms with Crippen molar-refractivity contribution < 1.29 is 5.11 Å². The fraction of sp³-hybridized carbons (Fsp3) is 0.417. The van der Waals surface area contributed by atoms with Crippen LogP contribution in [0.3, 0.4) is 0 Å². The first kappa shape index (κ1) is 11.7. The van der Waals surface area contributed by atoms with Gasteiger partial charge in [-0.25, -0.2) is 0 Å². The maximum absolute atomic E-state index is 9.22. The summed E-state index contributed by atoms with van der Waals surface area (Å²) >= 11 is 0. The third-order valence-electron chi connectivity index (χ3n) is 2.15. The van der Waals surface area contributed by atoms with E-state index in [9.17, 15) is 5.11 Å². The van der Waals surface area contributed by atoms with Crippen LogP contribution in [0.2, 0.25) is 0 Å². The molecule has 1 atom stereocenters. The number of nitrogens with zero attached hydrogens (tertiary/aromatic N) is 2. The van der Waals surface area contributed by atoms with Crippen LogP contribution >= 0.6 is 0 Å². The molecule has 0 heterocycles. The van der Waals surface area contributed by atoms with Gasteiger partial charge in [0.1, 0.15) is 0 Å². The molecular formula is C12H16N2O. The van der Waals surface area contributed by atoms with Crippen LogP contribution in [-0.4, -0.2) is 29.7 Å². The standard InChI is InChI=1S/C12H16N2O/c1-10(15)8-14(2)9-12-6-4-3-5-11(12)7-13/h3-6,10,15H,8-9H2,1-2H3. The van der Waals surface area contributed by atoms with Gasteiger partial charge in [0.2, 0.25) is 0 Å². The number of likely N-dealkylation sites (N-methyl/N-ethyl adjacent to an activating group) is 1. The lowest BCUT2D eigenvalue weighted by atomic mass is 10.1. The number of hydrogen-bond acceptors (Lipinski definition) is 3. The van der Waals surface area contributed by atoms with Crippen LogP contribution in [0.25, 0.3) is 0 Å². The molecule has 0 amide bonds. The molecule has 0 fully saturated rings. The summed E-state index contributed by atoms with van der Waals surface area (Å²) in [5, 5.41) is 18.1. The first-order chi connectivity index (χ1) is 7.13. The second-order valence-electron chi connectivity index (χ2n) is 3.81. The first-order valence-electron chi connectivity index (χ1n) is 4.98. The molecule has 0 aliphatic heterocycles. The Labute approximate surface area is 90.6 Å². The molecule has 0 saturated heterocycles. The molecule has 0 radical (unpaired) electrons. The third-order valence-corrected chi connectivity index (χ3v) is 2.15. The summed E-state index contributed by atoms with van der Waals surface area (Å²) in [5.74, 6) is 0. The Bertz CT molecular complexity index is 355. The fourth-order valence-electron chi connectivity index (χ4n) is 1.57. The van der Waals surface area contributed by atoms with Crippen LogP contribution in [0.4, 0.5) is 0 Å². The molecular weight excluding hydrogens is 188 g/mol. The molecule has 15 heavy (non-hydrogen) atoms. The van der Waals surface area contributed by atoms with Gasteiger partial charge in [0.05, 0.1) is 17.7 Å². The minimum atomic E-state index is -0.343. The number of rotatable bonds is 4. The molecule has 0 aromatic heterocycles. The van der Waals surface area contributed by atoms with E-state index in [1.165, 1.54) is 0 Å². The summed E-state index contributed by atoms with van der Waals surface area (Å²) < 4.78 is 0. The Morgan fingerprint density at radius 3 is 2.73 bits per heavy atom. The maximum Gasteiger partial charge on any atom is 0.0995 e. The Balaban J connectivity index is 2.68. The second kappa shape index (κ2) is 5.50. The molecule has 0 bridgehead atoms. The van der Waals surface area contributed by atoms with Gasteiger partial charge in [0, 0.05) is 13.1 Å². The molecule has 0 aliphatic carbocycles. The highest BCUT2D eigenvalue weighted by Crippen LogP contribution is 2.09. The normalized spacial score (nSPS) is 12.5. The van der Waals surface area contributed by atoms with Gasteiger partial charge < -0.3 is 5.11 Å². The Hall–Kier alpha value is -1.37. The second-order valence-corrected chi connectivity index (χ2v) is 3.81. The largest absolute Gasteiger partial charge is 0.392 e. The molecule has 1 aromatic rings. The van der Waals surface area contributed by atoms with Crippen molar-refractivity contribution in [3.63, 3.8) is 0 Å². The Kier molecular flexibility index (Phi) is 4.29. The molecule has 3 nitrogen and oxygen atoms in total. The highest BCUT2D eigenvalue weighted by Gasteiger charge is 2.06. The van der Waals surface area contributed by atoms with Gasteiger partial charge >= 0.3 is 0 Å². The van der Waals surface area contributed by atoms with Gasteiger partial charge in [-0.3, -0.25) is 4.90 Å². The molecule has 0 saturated carbocycles.